The zero-order valence-electron chi connectivity index (χ0n) is 9.50. The number of aromatic nitrogens is 2. The van der Waals surface area contributed by atoms with Gasteiger partial charge in [-0.25, -0.2) is 0 Å². The normalized spacial score (nSPS) is 23.8. The maximum Gasteiger partial charge on any atom is 0.307 e. The number of nitrogens with zero attached hydrogens (tertiary/aromatic N) is 2. The summed E-state index contributed by atoms with van der Waals surface area (Å²) in [4.78, 5) is 15.3. The monoisotopic (exact) mass is 238 g/mol. The molecule has 6 heteroatoms. The largest absolute Gasteiger partial charge is 0.481 e. The topological polar surface area (TPSA) is 85.5 Å². The molecule has 0 fully saturated rings. The van der Waals surface area contributed by atoms with Gasteiger partial charge in [0.05, 0.1) is 11.8 Å². The van der Waals surface area contributed by atoms with Gasteiger partial charge in [0.25, 0.3) is 0 Å². The van der Waals surface area contributed by atoms with E-state index in [0.717, 1.165) is 0 Å². The van der Waals surface area contributed by atoms with Crippen molar-refractivity contribution in [2.45, 2.75) is 25.4 Å². The van der Waals surface area contributed by atoms with Gasteiger partial charge in [0.1, 0.15) is 6.61 Å². The lowest BCUT2D eigenvalue weighted by Gasteiger charge is -2.21. The zero-order valence-corrected chi connectivity index (χ0v) is 9.50. The standard InChI is InChI=1S/C11H14N2O4/c1-16-6-9-12-10(17-13-9)7-4-2-3-5-8(7)11(14)15/h2-3,7-8H,4-6H2,1H3,(H,14,15). The van der Waals surface area contributed by atoms with Crippen LogP contribution in [0.25, 0.3) is 0 Å². The van der Waals surface area contributed by atoms with E-state index in [2.05, 4.69) is 10.1 Å². The Morgan fingerprint density at radius 3 is 3.06 bits per heavy atom. The molecular weight excluding hydrogens is 224 g/mol. The molecule has 0 aliphatic heterocycles. The van der Waals surface area contributed by atoms with Crippen LogP contribution in [0.15, 0.2) is 16.7 Å². The van der Waals surface area contributed by atoms with E-state index in [1.807, 2.05) is 12.2 Å². The van der Waals surface area contributed by atoms with E-state index in [9.17, 15) is 4.79 Å². The van der Waals surface area contributed by atoms with Crippen LogP contribution in [0.4, 0.5) is 0 Å². The summed E-state index contributed by atoms with van der Waals surface area (Å²) in [6.07, 6.45) is 4.94. The van der Waals surface area contributed by atoms with E-state index in [1.54, 1.807) is 7.11 Å². The molecule has 0 aromatic carbocycles. The third-order valence-corrected chi connectivity index (χ3v) is 2.82. The van der Waals surface area contributed by atoms with Crippen molar-refractivity contribution in [1.29, 1.82) is 0 Å². The predicted octanol–water partition coefficient (Wildman–Crippen LogP) is 1.35. The molecule has 0 saturated carbocycles. The number of carboxylic acid groups (broad SMARTS) is 1. The summed E-state index contributed by atoms with van der Waals surface area (Å²) < 4.78 is 9.99. The van der Waals surface area contributed by atoms with E-state index in [1.165, 1.54) is 0 Å². The van der Waals surface area contributed by atoms with Crippen LogP contribution in [0.1, 0.15) is 30.5 Å². The zero-order chi connectivity index (χ0) is 12.3. The van der Waals surface area contributed by atoms with Gasteiger partial charge in [-0.1, -0.05) is 17.3 Å². The minimum atomic E-state index is -0.828. The third-order valence-electron chi connectivity index (χ3n) is 2.82. The molecule has 0 bridgehead atoms. The molecule has 1 aliphatic rings. The fraction of sp³-hybridized carbons (Fsp3) is 0.545. The molecule has 92 valence electrons. The second-order valence-corrected chi connectivity index (χ2v) is 3.98. The van der Waals surface area contributed by atoms with E-state index in [-0.39, 0.29) is 12.5 Å². The number of hydrogen-bond donors (Lipinski definition) is 1. The first-order valence-electron chi connectivity index (χ1n) is 5.41. The van der Waals surface area contributed by atoms with Gasteiger partial charge in [-0.05, 0) is 12.8 Å². The molecule has 1 aromatic rings. The SMILES string of the molecule is COCc1noc(C2CC=CCC2C(=O)O)n1. The highest BCUT2D eigenvalue weighted by molar-refractivity contribution is 5.71. The van der Waals surface area contributed by atoms with Gasteiger partial charge < -0.3 is 14.4 Å². The molecule has 17 heavy (non-hydrogen) atoms. The highest BCUT2D eigenvalue weighted by Gasteiger charge is 2.33. The Morgan fingerprint density at radius 2 is 2.35 bits per heavy atom. The number of methoxy groups -OCH3 is 1. The lowest BCUT2D eigenvalue weighted by Crippen LogP contribution is -2.23. The molecule has 2 rings (SSSR count). The Morgan fingerprint density at radius 1 is 1.59 bits per heavy atom. The minimum absolute atomic E-state index is 0.240. The maximum atomic E-state index is 11.1. The summed E-state index contributed by atoms with van der Waals surface area (Å²) in [7, 11) is 1.54. The van der Waals surface area contributed by atoms with Gasteiger partial charge in [-0.15, -0.1) is 0 Å². The molecule has 0 spiro atoms. The first-order valence-corrected chi connectivity index (χ1v) is 5.41. The van der Waals surface area contributed by atoms with Crippen molar-refractivity contribution >= 4 is 5.97 Å². The number of aliphatic carboxylic acids is 1. The maximum absolute atomic E-state index is 11.1. The molecule has 0 radical (unpaired) electrons. The van der Waals surface area contributed by atoms with Crippen LogP contribution in [-0.4, -0.2) is 28.3 Å². The number of allylic oxidation sites excluding steroid dienone is 2. The van der Waals surface area contributed by atoms with Gasteiger partial charge in [0.2, 0.25) is 5.89 Å². The van der Waals surface area contributed by atoms with Crippen molar-refractivity contribution in [1.82, 2.24) is 10.1 Å². The highest BCUT2D eigenvalue weighted by atomic mass is 16.5. The van der Waals surface area contributed by atoms with Gasteiger partial charge in [0.15, 0.2) is 5.82 Å². The summed E-state index contributed by atoms with van der Waals surface area (Å²) in [5, 5.41) is 12.9. The van der Waals surface area contributed by atoms with Crippen LogP contribution in [0.3, 0.4) is 0 Å². The smallest absolute Gasteiger partial charge is 0.307 e. The van der Waals surface area contributed by atoms with Crippen LogP contribution < -0.4 is 0 Å². The van der Waals surface area contributed by atoms with E-state index < -0.39 is 11.9 Å². The molecule has 1 heterocycles. The quantitative estimate of drug-likeness (QED) is 0.797. The Hall–Kier alpha value is -1.69. The third kappa shape index (κ3) is 2.52. The number of carbonyl (C=O) groups is 1. The van der Waals surface area contributed by atoms with Crippen molar-refractivity contribution in [2.75, 3.05) is 7.11 Å². The molecule has 2 unspecified atom stereocenters. The molecule has 1 aromatic heterocycles. The Kier molecular flexibility index (Phi) is 3.53. The van der Waals surface area contributed by atoms with Crippen molar-refractivity contribution in [3.8, 4) is 0 Å². The van der Waals surface area contributed by atoms with Crippen molar-refractivity contribution < 1.29 is 19.2 Å². The first-order chi connectivity index (χ1) is 8.22. The summed E-state index contributed by atoms with van der Waals surface area (Å²) in [5.41, 5.74) is 0. The average Bonchev–Trinajstić information content (AvgIpc) is 2.78. The van der Waals surface area contributed by atoms with Gasteiger partial charge in [-0.3, -0.25) is 4.79 Å². The number of hydrogen-bond acceptors (Lipinski definition) is 5. The predicted molar refractivity (Wildman–Crippen MR) is 57.3 cm³/mol. The van der Waals surface area contributed by atoms with Crippen LogP contribution in [0.2, 0.25) is 0 Å². The van der Waals surface area contributed by atoms with E-state index in [0.29, 0.717) is 24.6 Å². The van der Waals surface area contributed by atoms with Crippen molar-refractivity contribution in [2.24, 2.45) is 5.92 Å². The Labute approximate surface area is 98.3 Å². The van der Waals surface area contributed by atoms with Crippen LogP contribution in [0, 0.1) is 5.92 Å². The molecule has 2 atom stereocenters. The fourth-order valence-electron chi connectivity index (χ4n) is 1.97. The van der Waals surface area contributed by atoms with E-state index in [4.69, 9.17) is 14.4 Å². The number of carboxylic acids is 1. The van der Waals surface area contributed by atoms with E-state index >= 15 is 0 Å². The summed E-state index contributed by atoms with van der Waals surface area (Å²) >= 11 is 0. The first kappa shape index (κ1) is 11.8. The second kappa shape index (κ2) is 5.09. The second-order valence-electron chi connectivity index (χ2n) is 3.98. The lowest BCUT2D eigenvalue weighted by molar-refractivity contribution is -0.142. The number of ether oxygens (including phenoxy) is 1. The van der Waals surface area contributed by atoms with Gasteiger partial charge in [-0.2, -0.15) is 4.98 Å². The summed E-state index contributed by atoms with van der Waals surface area (Å²) in [6.45, 7) is 0.268. The highest BCUT2D eigenvalue weighted by Crippen LogP contribution is 2.33. The van der Waals surface area contributed by atoms with Crippen LogP contribution in [-0.2, 0) is 16.1 Å². The summed E-state index contributed by atoms with van der Waals surface area (Å²) in [5.74, 6) is -0.729. The minimum Gasteiger partial charge on any atom is -0.481 e. The summed E-state index contributed by atoms with van der Waals surface area (Å²) in [6, 6.07) is 0. The molecular formula is C11H14N2O4. The van der Waals surface area contributed by atoms with Crippen molar-refractivity contribution in [3.63, 3.8) is 0 Å². The van der Waals surface area contributed by atoms with Crippen LogP contribution >= 0.6 is 0 Å². The molecule has 0 saturated heterocycles. The van der Waals surface area contributed by atoms with Crippen molar-refractivity contribution in [3.05, 3.63) is 23.9 Å². The lowest BCUT2D eigenvalue weighted by atomic mass is 9.83. The fourth-order valence-corrected chi connectivity index (χ4v) is 1.97. The molecule has 6 nitrogen and oxygen atoms in total. The van der Waals surface area contributed by atoms with Crippen LogP contribution in [0.5, 0.6) is 0 Å². The average molecular weight is 238 g/mol. The molecule has 1 aliphatic carbocycles. The number of rotatable bonds is 4. The van der Waals surface area contributed by atoms with Gasteiger partial charge in [0, 0.05) is 7.11 Å². The molecule has 1 N–H and O–H groups in total. The molecule has 0 amide bonds. The Bertz CT molecular complexity index is 427. The van der Waals surface area contributed by atoms with Gasteiger partial charge >= 0.3 is 5.97 Å². The Balaban J connectivity index is 2.18.